The minimum absolute atomic E-state index is 0.0363. The Bertz CT molecular complexity index is 742. The summed E-state index contributed by atoms with van der Waals surface area (Å²) in [6.07, 6.45) is 1.08. The average molecular weight is 333 g/mol. The van der Waals surface area contributed by atoms with E-state index in [1.807, 2.05) is 43.3 Å². The number of hydrogen-bond donors (Lipinski definition) is 2. The molecule has 4 nitrogen and oxygen atoms in total. The first-order valence-electron chi connectivity index (χ1n) is 7.69. The zero-order valence-corrected chi connectivity index (χ0v) is 14.3. The zero-order valence-electron chi connectivity index (χ0n) is 13.5. The summed E-state index contributed by atoms with van der Waals surface area (Å²) in [5, 5.41) is 9.07. The van der Waals surface area contributed by atoms with Gasteiger partial charge in [-0.3, -0.25) is 0 Å². The summed E-state index contributed by atoms with van der Waals surface area (Å²) < 4.78 is 28.3. The summed E-state index contributed by atoms with van der Waals surface area (Å²) in [5.41, 5.74) is 2.65. The van der Waals surface area contributed by atoms with E-state index in [0.29, 0.717) is 17.7 Å². The largest absolute Gasteiger partial charge is 0.396 e. The van der Waals surface area contributed by atoms with Gasteiger partial charge >= 0.3 is 0 Å². The SMILES string of the molecule is Cc1ccc(S(=O)(=O)NC(CCCO)c2ccccc2)c(C)c1. The van der Waals surface area contributed by atoms with Crippen molar-refractivity contribution in [3.8, 4) is 0 Å². The van der Waals surface area contributed by atoms with Crippen molar-refractivity contribution in [2.45, 2.75) is 37.6 Å². The molecule has 0 aliphatic rings. The van der Waals surface area contributed by atoms with Crippen LogP contribution in [0.2, 0.25) is 0 Å². The van der Waals surface area contributed by atoms with Crippen LogP contribution in [0.15, 0.2) is 53.4 Å². The van der Waals surface area contributed by atoms with Crippen molar-refractivity contribution >= 4 is 10.0 Å². The van der Waals surface area contributed by atoms with Crippen molar-refractivity contribution in [3.63, 3.8) is 0 Å². The minimum Gasteiger partial charge on any atom is -0.396 e. The molecule has 0 aliphatic carbocycles. The second-order valence-electron chi connectivity index (χ2n) is 5.72. The molecule has 5 heteroatoms. The van der Waals surface area contributed by atoms with Crippen LogP contribution in [-0.4, -0.2) is 20.1 Å². The van der Waals surface area contributed by atoms with Gasteiger partial charge in [-0.2, -0.15) is 0 Å². The highest BCUT2D eigenvalue weighted by molar-refractivity contribution is 7.89. The van der Waals surface area contributed by atoms with Gasteiger partial charge in [0.25, 0.3) is 0 Å². The molecule has 0 saturated heterocycles. The number of rotatable bonds is 7. The topological polar surface area (TPSA) is 66.4 Å². The predicted octanol–water partition coefficient (Wildman–Crippen LogP) is 3.10. The number of aliphatic hydroxyl groups is 1. The van der Waals surface area contributed by atoms with E-state index in [9.17, 15) is 8.42 Å². The summed E-state index contributed by atoms with van der Waals surface area (Å²) in [6.45, 7) is 3.77. The first kappa shape index (κ1) is 17.7. The first-order chi connectivity index (χ1) is 10.9. The highest BCUT2D eigenvalue weighted by Crippen LogP contribution is 2.23. The summed E-state index contributed by atoms with van der Waals surface area (Å²) >= 11 is 0. The van der Waals surface area contributed by atoms with Gasteiger partial charge in [-0.15, -0.1) is 0 Å². The molecule has 0 saturated carbocycles. The smallest absolute Gasteiger partial charge is 0.241 e. The Morgan fingerprint density at radius 2 is 1.78 bits per heavy atom. The van der Waals surface area contributed by atoms with Gasteiger partial charge in [-0.1, -0.05) is 48.0 Å². The van der Waals surface area contributed by atoms with Crippen molar-refractivity contribution in [2.75, 3.05) is 6.61 Å². The van der Waals surface area contributed by atoms with Crippen LogP contribution < -0.4 is 4.72 Å². The lowest BCUT2D eigenvalue weighted by molar-refractivity contribution is 0.278. The van der Waals surface area contributed by atoms with Crippen LogP contribution in [-0.2, 0) is 10.0 Å². The molecule has 2 N–H and O–H groups in total. The molecule has 0 aliphatic heterocycles. The van der Waals surface area contributed by atoms with Crippen LogP contribution in [0.5, 0.6) is 0 Å². The molecule has 0 heterocycles. The van der Waals surface area contributed by atoms with Crippen LogP contribution in [0.3, 0.4) is 0 Å². The van der Waals surface area contributed by atoms with Crippen molar-refractivity contribution in [1.82, 2.24) is 4.72 Å². The van der Waals surface area contributed by atoms with Crippen LogP contribution in [0.4, 0.5) is 0 Å². The lowest BCUT2D eigenvalue weighted by Gasteiger charge is -2.20. The van der Waals surface area contributed by atoms with Gasteiger partial charge in [0.15, 0.2) is 0 Å². The number of sulfonamides is 1. The fourth-order valence-corrected chi connectivity index (χ4v) is 4.11. The molecule has 1 unspecified atom stereocenters. The van der Waals surface area contributed by atoms with Crippen molar-refractivity contribution in [1.29, 1.82) is 0 Å². The fourth-order valence-electron chi connectivity index (χ4n) is 2.63. The lowest BCUT2D eigenvalue weighted by atomic mass is 10.0. The van der Waals surface area contributed by atoms with E-state index in [4.69, 9.17) is 5.11 Å². The van der Waals surface area contributed by atoms with E-state index >= 15 is 0 Å². The first-order valence-corrected chi connectivity index (χ1v) is 9.18. The van der Waals surface area contributed by atoms with Gasteiger partial charge in [0.2, 0.25) is 10.0 Å². The second kappa shape index (κ2) is 7.73. The van der Waals surface area contributed by atoms with Gasteiger partial charge in [-0.25, -0.2) is 13.1 Å². The van der Waals surface area contributed by atoms with Gasteiger partial charge in [0.1, 0.15) is 0 Å². The third-order valence-corrected chi connectivity index (χ3v) is 5.40. The Kier molecular flexibility index (Phi) is 5.93. The van der Waals surface area contributed by atoms with E-state index in [2.05, 4.69) is 4.72 Å². The standard InChI is InChI=1S/C18H23NO3S/c1-14-10-11-18(15(2)13-14)23(21,22)19-17(9-6-12-20)16-7-4-3-5-8-16/h3-5,7-8,10-11,13,17,19-20H,6,9,12H2,1-2H3. The number of nitrogens with one attached hydrogen (secondary N) is 1. The summed E-state index contributed by atoms with van der Waals surface area (Å²) in [5.74, 6) is 0. The van der Waals surface area contributed by atoms with E-state index < -0.39 is 10.0 Å². The van der Waals surface area contributed by atoms with E-state index in [0.717, 1.165) is 16.7 Å². The quantitative estimate of drug-likeness (QED) is 0.818. The third-order valence-electron chi connectivity index (χ3n) is 3.77. The molecule has 0 amide bonds. The van der Waals surface area contributed by atoms with Gasteiger partial charge in [0.05, 0.1) is 4.90 Å². The molecule has 124 valence electrons. The van der Waals surface area contributed by atoms with Gasteiger partial charge in [-0.05, 0) is 43.9 Å². The molecule has 1 atom stereocenters. The normalized spacial score (nSPS) is 13.0. The molecule has 2 aromatic rings. The predicted molar refractivity (Wildman–Crippen MR) is 91.7 cm³/mol. The molecule has 0 bridgehead atoms. The molecule has 2 rings (SSSR count). The molecule has 0 radical (unpaired) electrons. The van der Waals surface area contributed by atoms with Crippen LogP contribution >= 0.6 is 0 Å². The highest BCUT2D eigenvalue weighted by Gasteiger charge is 2.22. The monoisotopic (exact) mass is 333 g/mol. The van der Waals surface area contributed by atoms with Crippen LogP contribution in [0, 0.1) is 13.8 Å². The number of hydrogen-bond acceptors (Lipinski definition) is 3. The summed E-state index contributed by atoms with van der Waals surface area (Å²) in [6, 6.07) is 14.4. The maximum atomic E-state index is 12.7. The van der Waals surface area contributed by atoms with E-state index in [1.165, 1.54) is 0 Å². The Morgan fingerprint density at radius 1 is 1.09 bits per heavy atom. The molecular formula is C18H23NO3S. The Labute approximate surface area is 138 Å². The van der Waals surface area contributed by atoms with Gasteiger partial charge in [0, 0.05) is 12.6 Å². The Balaban J connectivity index is 2.30. The molecule has 0 fully saturated rings. The second-order valence-corrected chi connectivity index (χ2v) is 7.40. The Morgan fingerprint density at radius 3 is 2.39 bits per heavy atom. The molecule has 0 spiro atoms. The third kappa shape index (κ3) is 4.64. The highest BCUT2D eigenvalue weighted by atomic mass is 32.2. The van der Waals surface area contributed by atoms with Crippen LogP contribution in [0.25, 0.3) is 0 Å². The van der Waals surface area contributed by atoms with E-state index in [1.54, 1.807) is 19.1 Å². The maximum absolute atomic E-state index is 12.7. The molecular weight excluding hydrogens is 310 g/mol. The molecule has 2 aromatic carbocycles. The van der Waals surface area contributed by atoms with Gasteiger partial charge < -0.3 is 5.11 Å². The van der Waals surface area contributed by atoms with Crippen molar-refractivity contribution < 1.29 is 13.5 Å². The molecule has 23 heavy (non-hydrogen) atoms. The van der Waals surface area contributed by atoms with Crippen molar-refractivity contribution in [2.24, 2.45) is 0 Å². The average Bonchev–Trinajstić information content (AvgIpc) is 2.51. The summed E-state index contributed by atoms with van der Waals surface area (Å²) in [7, 11) is -3.62. The maximum Gasteiger partial charge on any atom is 0.241 e. The minimum atomic E-state index is -3.62. The number of aryl methyl sites for hydroxylation is 2. The number of benzene rings is 2. The van der Waals surface area contributed by atoms with Crippen LogP contribution in [0.1, 0.15) is 35.6 Å². The lowest BCUT2D eigenvalue weighted by Crippen LogP contribution is -2.29. The summed E-state index contributed by atoms with van der Waals surface area (Å²) in [4.78, 5) is 0.299. The fraction of sp³-hybridized carbons (Fsp3) is 0.333. The number of aliphatic hydroxyl groups excluding tert-OH is 1. The molecule has 0 aromatic heterocycles. The van der Waals surface area contributed by atoms with Crippen molar-refractivity contribution in [3.05, 3.63) is 65.2 Å². The Hall–Kier alpha value is -1.69. The zero-order chi connectivity index (χ0) is 16.9. The van der Waals surface area contributed by atoms with E-state index in [-0.39, 0.29) is 12.6 Å².